The number of hydrogen-bond acceptors (Lipinski definition) is 6. The van der Waals surface area contributed by atoms with Crippen molar-refractivity contribution in [2.24, 2.45) is 0 Å². The average molecular weight is 364 g/mol. The van der Waals surface area contributed by atoms with Gasteiger partial charge in [-0.1, -0.05) is 35.4 Å². The smallest absolute Gasteiger partial charge is 0.315 e. The first-order valence-electron chi connectivity index (χ1n) is 8.84. The van der Waals surface area contributed by atoms with E-state index in [0.717, 1.165) is 17.7 Å². The summed E-state index contributed by atoms with van der Waals surface area (Å²) in [5.74, 6) is 1.05. The van der Waals surface area contributed by atoms with Crippen LogP contribution in [0.25, 0.3) is 0 Å². The fourth-order valence-electron chi connectivity index (χ4n) is 3.04. The number of amides is 1. The molecule has 0 aliphatic carbocycles. The van der Waals surface area contributed by atoms with Gasteiger partial charge in [0.1, 0.15) is 5.75 Å². The van der Waals surface area contributed by atoms with Crippen LogP contribution < -0.4 is 15.4 Å². The molecule has 27 heavy (non-hydrogen) atoms. The maximum absolute atomic E-state index is 11.4. The van der Waals surface area contributed by atoms with Crippen LogP contribution in [-0.2, 0) is 24.2 Å². The van der Waals surface area contributed by atoms with Gasteiger partial charge in [0.15, 0.2) is 6.61 Å². The maximum atomic E-state index is 11.4. The molecule has 0 spiro atoms. The van der Waals surface area contributed by atoms with Crippen molar-refractivity contribution in [3.8, 4) is 5.75 Å². The summed E-state index contributed by atoms with van der Waals surface area (Å²) >= 11 is 0. The van der Waals surface area contributed by atoms with E-state index in [9.17, 15) is 4.79 Å². The standard InChI is InChI=1S/C20H20N4O3/c1-13(9-14-5-3-2-4-6-14)21-20-24-23-19(27-20)12-26-16-7-8-17-15(10-16)11-18(25)22-17/h2-8,10,13H,9,11-12H2,1H3,(H,21,24)(H,22,25). The van der Waals surface area contributed by atoms with E-state index in [2.05, 4.69) is 39.9 Å². The molecule has 1 unspecified atom stereocenters. The number of anilines is 2. The van der Waals surface area contributed by atoms with Crippen molar-refractivity contribution in [3.63, 3.8) is 0 Å². The molecule has 138 valence electrons. The minimum absolute atomic E-state index is 0.000565. The Labute approximate surface area is 156 Å². The molecule has 1 aliphatic rings. The highest BCUT2D eigenvalue weighted by Crippen LogP contribution is 2.27. The molecule has 1 aromatic heterocycles. The van der Waals surface area contributed by atoms with Crippen LogP contribution >= 0.6 is 0 Å². The lowest BCUT2D eigenvalue weighted by atomic mass is 10.1. The fraction of sp³-hybridized carbons (Fsp3) is 0.250. The zero-order chi connectivity index (χ0) is 18.6. The van der Waals surface area contributed by atoms with Crippen molar-refractivity contribution in [1.29, 1.82) is 0 Å². The molecule has 0 bridgehead atoms. The van der Waals surface area contributed by atoms with Crippen LogP contribution in [0, 0.1) is 0 Å². The van der Waals surface area contributed by atoms with Gasteiger partial charge in [-0.15, -0.1) is 5.10 Å². The predicted molar refractivity (Wildman–Crippen MR) is 101 cm³/mol. The van der Waals surface area contributed by atoms with E-state index in [-0.39, 0.29) is 18.6 Å². The molecule has 0 fully saturated rings. The second kappa shape index (κ2) is 7.49. The topological polar surface area (TPSA) is 89.3 Å². The van der Waals surface area contributed by atoms with Crippen LogP contribution in [0.3, 0.4) is 0 Å². The van der Waals surface area contributed by atoms with Crippen LogP contribution in [0.1, 0.15) is 23.9 Å². The van der Waals surface area contributed by atoms with Gasteiger partial charge in [0.05, 0.1) is 6.42 Å². The predicted octanol–water partition coefficient (Wildman–Crippen LogP) is 3.19. The fourth-order valence-corrected chi connectivity index (χ4v) is 3.04. The Morgan fingerprint density at radius 1 is 1.22 bits per heavy atom. The molecule has 2 N–H and O–H groups in total. The number of rotatable bonds is 7. The van der Waals surface area contributed by atoms with Gasteiger partial charge in [-0.3, -0.25) is 4.79 Å². The summed E-state index contributed by atoms with van der Waals surface area (Å²) in [7, 11) is 0. The number of nitrogens with zero attached hydrogens (tertiary/aromatic N) is 2. The van der Waals surface area contributed by atoms with Gasteiger partial charge >= 0.3 is 6.01 Å². The number of hydrogen-bond donors (Lipinski definition) is 2. The van der Waals surface area contributed by atoms with Crippen molar-refractivity contribution in [3.05, 3.63) is 65.5 Å². The Hall–Kier alpha value is -3.35. The van der Waals surface area contributed by atoms with Crippen molar-refractivity contribution >= 4 is 17.6 Å². The minimum Gasteiger partial charge on any atom is -0.484 e. The first kappa shape index (κ1) is 17.1. The molecule has 2 heterocycles. The zero-order valence-corrected chi connectivity index (χ0v) is 14.9. The molecule has 1 atom stereocenters. The molecule has 2 aromatic carbocycles. The summed E-state index contributed by atoms with van der Waals surface area (Å²) in [5, 5.41) is 14.0. The van der Waals surface area contributed by atoms with Crippen LogP contribution in [0.15, 0.2) is 52.9 Å². The van der Waals surface area contributed by atoms with Crippen LogP contribution in [0.4, 0.5) is 11.7 Å². The molecular formula is C20H20N4O3. The Morgan fingerprint density at radius 2 is 2.07 bits per heavy atom. The molecule has 1 aliphatic heterocycles. The Kier molecular flexibility index (Phi) is 4.74. The summed E-state index contributed by atoms with van der Waals surface area (Å²) in [6, 6.07) is 16.2. The summed E-state index contributed by atoms with van der Waals surface area (Å²) in [6.45, 7) is 2.23. The summed E-state index contributed by atoms with van der Waals surface area (Å²) in [5.41, 5.74) is 3.01. The van der Waals surface area contributed by atoms with E-state index in [1.807, 2.05) is 36.4 Å². The molecule has 0 saturated heterocycles. The monoisotopic (exact) mass is 364 g/mol. The van der Waals surface area contributed by atoms with Crippen LogP contribution in [-0.4, -0.2) is 22.1 Å². The Morgan fingerprint density at radius 3 is 2.93 bits per heavy atom. The van der Waals surface area contributed by atoms with Gasteiger partial charge in [-0.25, -0.2) is 0 Å². The highest BCUT2D eigenvalue weighted by Gasteiger charge is 2.18. The zero-order valence-electron chi connectivity index (χ0n) is 14.9. The lowest BCUT2D eigenvalue weighted by molar-refractivity contribution is -0.115. The highest BCUT2D eigenvalue weighted by molar-refractivity contribution is 5.99. The first-order valence-corrected chi connectivity index (χ1v) is 8.84. The number of nitrogens with one attached hydrogen (secondary N) is 2. The third kappa shape index (κ3) is 4.25. The lowest BCUT2D eigenvalue weighted by Crippen LogP contribution is -2.18. The van der Waals surface area contributed by atoms with Crippen molar-refractivity contribution < 1.29 is 13.9 Å². The summed E-state index contributed by atoms with van der Waals surface area (Å²) in [4.78, 5) is 11.4. The summed E-state index contributed by atoms with van der Waals surface area (Å²) < 4.78 is 11.3. The number of benzene rings is 2. The van der Waals surface area contributed by atoms with E-state index in [0.29, 0.717) is 24.1 Å². The number of fused-ring (bicyclic) bond motifs is 1. The van der Waals surface area contributed by atoms with E-state index < -0.39 is 0 Å². The van der Waals surface area contributed by atoms with E-state index in [4.69, 9.17) is 9.15 Å². The normalized spacial score (nSPS) is 13.7. The van der Waals surface area contributed by atoms with Crippen LogP contribution in [0.2, 0.25) is 0 Å². The Bertz CT molecular complexity index is 939. The van der Waals surface area contributed by atoms with Crippen molar-refractivity contribution in [1.82, 2.24) is 10.2 Å². The summed E-state index contributed by atoms with van der Waals surface area (Å²) in [6.07, 6.45) is 1.23. The molecular weight excluding hydrogens is 344 g/mol. The van der Waals surface area contributed by atoms with Gasteiger partial charge < -0.3 is 19.8 Å². The Balaban J connectivity index is 1.31. The molecule has 4 rings (SSSR count). The van der Waals surface area contributed by atoms with Crippen molar-refractivity contribution in [2.45, 2.75) is 32.4 Å². The molecule has 0 radical (unpaired) electrons. The molecule has 3 aromatic rings. The third-order valence-electron chi connectivity index (χ3n) is 4.29. The number of carbonyl (C=O) groups is 1. The third-order valence-corrected chi connectivity index (χ3v) is 4.29. The second-order valence-corrected chi connectivity index (χ2v) is 6.57. The molecule has 7 heteroatoms. The number of ether oxygens (including phenoxy) is 1. The van der Waals surface area contributed by atoms with Gasteiger partial charge in [-0.2, -0.15) is 0 Å². The average Bonchev–Trinajstić information content (AvgIpc) is 3.25. The SMILES string of the molecule is CC(Cc1ccccc1)Nc1nnc(COc2ccc3c(c2)CC(=O)N3)o1. The van der Waals surface area contributed by atoms with Crippen molar-refractivity contribution in [2.75, 3.05) is 10.6 Å². The largest absolute Gasteiger partial charge is 0.484 e. The molecule has 0 saturated carbocycles. The van der Waals surface area contributed by atoms with E-state index in [1.165, 1.54) is 5.56 Å². The van der Waals surface area contributed by atoms with Gasteiger partial charge in [0.25, 0.3) is 5.89 Å². The molecule has 1 amide bonds. The number of carbonyl (C=O) groups excluding carboxylic acids is 1. The minimum atomic E-state index is -0.000565. The van der Waals surface area contributed by atoms with Crippen LogP contribution in [0.5, 0.6) is 5.75 Å². The first-order chi connectivity index (χ1) is 13.2. The van der Waals surface area contributed by atoms with E-state index >= 15 is 0 Å². The highest BCUT2D eigenvalue weighted by atomic mass is 16.5. The number of aromatic nitrogens is 2. The van der Waals surface area contributed by atoms with E-state index in [1.54, 1.807) is 0 Å². The van der Waals surface area contributed by atoms with Gasteiger partial charge in [-0.05, 0) is 42.7 Å². The van der Waals surface area contributed by atoms with Gasteiger partial charge in [0, 0.05) is 11.7 Å². The second-order valence-electron chi connectivity index (χ2n) is 6.57. The van der Waals surface area contributed by atoms with Gasteiger partial charge in [0.2, 0.25) is 5.91 Å². The lowest BCUT2D eigenvalue weighted by Gasteiger charge is -2.11. The quantitative estimate of drug-likeness (QED) is 0.669. The maximum Gasteiger partial charge on any atom is 0.315 e. The molecule has 7 nitrogen and oxygen atoms in total.